The van der Waals surface area contributed by atoms with Crippen LogP contribution in [0.5, 0.6) is 5.75 Å². The standard InChI is InChI=1S/C33H40F3N9O5/c1-3-22-25(42-12-14-43(15-13-42)28(48)24-26(47)20(2)37-19-38-24)29(49)45-30(39-27(41-45)21-4-16-50-17-5-21)44(22)18-23(46)40-32-9-6-31(7-10-32,8-11-32)33(34,35)36/h4,19,47H,3,5-18H2,1-2H3,(H,40,46). The molecular weight excluding hydrogens is 659 g/mol. The number of hydrogen-bond acceptors (Lipinski definition) is 10. The Morgan fingerprint density at radius 2 is 1.76 bits per heavy atom. The van der Waals surface area contributed by atoms with E-state index in [2.05, 4.69) is 20.4 Å². The van der Waals surface area contributed by atoms with Crippen molar-refractivity contribution in [1.82, 2.24) is 39.3 Å². The summed E-state index contributed by atoms with van der Waals surface area (Å²) in [5.41, 5.74) is -0.881. The highest BCUT2D eigenvalue weighted by molar-refractivity contribution is 5.95. The molecule has 5 aliphatic rings. The van der Waals surface area contributed by atoms with Crippen molar-refractivity contribution in [2.45, 2.75) is 83.5 Å². The van der Waals surface area contributed by atoms with Gasteiger partial charge in [0.05, 0.1) is 30.0 Å². The second kappa shape index (κ2) is 12.7. The number of carbonyl (C=O) groups is 2. The summed E-state index contributed by atoms with van der Waals surface area (Å²) in [6, 6.07) is 0. The number of amides is 2. The van der Waals surface area contributed by atoms with Gasteiger partial charge in [0, 0.05) is 31.7 Å². The molecule has 4 fully saturated rings. The zero-order valence-corrected chi connectivity index (χ0v) is 28.1. The first kappa shape index (κ1) is 33.9. The van der Waals surface area contributed by atoms with Gasteiger partial charge < -0.3 is 29.5 Å². The lowest BCUT2D eigenvalue weighted by Crippen LogP contribution is -2.60. The number of ether oxygens (including phenoxy) is 1. The Morgan fingerprint density at radius 3 is 2.38 bits per heavy atom. The first-order chi connectivity index (χ1) is 23.9. The van der Waals surface area contributed by atoms with Crippen LogP contribution in [0.1, 0.15) is 79.6 Å². The first-order valence-corrected chi connectivity index (χ1v) is 17.1. The van der Waals surface area contributed by atoms with Crippen LogP contribution >= 0.6 is 0 Å². The van der Waals surface area contributed by atoms with E-state index in [-0.39, 0.29) is 100 Å². The number of alkyl halides is 3. The van der Waals surface area contributed by atoms with Crippen LogP contribution in [0.4, 0.5) is 18.9 Å². The number of piperazine rings is 1. The van der Waals surface area contributed by atoms with Crippen molar-refractivity contribution >= 4 is 28.9 Å². The van der Waals surface area contributed by atoms with Gasteiger partial charge in [0.25, 0.3) is 11.5 Å². The van der Waals surface area contributed by atoms with Gasteiger partial charge in [-0.3, -0.25) is 14.4 Å². The minimum Gasteiger partial charge on any atom is -0.504 e. The van der Waals surface area contributed by atoms with Crippen molar-refractivity contribution in [1.29, 1.82) is 0 Å². The Hall–Kier alpha value is -4.54. The van der Waals surface area contributed by atoms with Crippen molar-refractivity contribution < 1.29 is 32.6 Å². The van der Waals surface area contributed by atoms with E-state index in [1.807, 2.05) is 17.9 Å². The number of carbonyl (C=O) groups excluding carboxylic acids is 2. The topological polar surface area (TPSA) is 160 Å². The average molecular weight is 700 g/mol. The molecule has 3 aromatic rings. The predicted octanol–water partition coefficient (Wildman–Crippen LogP) is 2.80. The minimum absolute atomic E-state index is 0.0132. The maximum absolute atomic E-state index is 14.2. The van der Waals surface area contributed by atoms with Crippen LogP contribution in [-0.4, -0.2) is 102 Å². The summed E-state index contributed by atoms with van der Waals surface area (Å²) < 4.78 is 50.0. The SMILES string of the molecule is CCc1c(N2CCN(C(=O)c3ncnc(C)c3O)CC2)c(=O)n2nc(C3=CCOCC3)nc2n1CC(=O)NC12CCC(C(F)(F)F)(CC1)CC2. The Kier molecular flexibility index (Phi) is 8.59. The number of aromatic hydroxyl groups is 1. The molecule has 2 N–H and O–H groups in total. The van der Waals surface area contributed by atoms with Crippen LogP contribution in [0.25, 0.3) is 11.4 Å². The third-order valence-electron chi connectivity index (χ3n) is 11.1. The van der Waals surface area contributed by atoms with Gasteiger partial charge in [-0.25, -0.2) is 9.97 Å². The zero-order valence-electron chi connectivity index (χ0n) is 28.1. The lowest BCUT2D eigenvalue weighted by atomic mass is 9.57. The number of halogens is 3. The van der Waals surface area contributed by atoms with Gasteiger partial charge in [-0.15, -0.1) is 5.10 Å². The fourth-order valence-corrected chi connectivity index (χ4v) is 7.98. The molecule has 0 radical (unpaired) electrons. The van der Waals surface area contributed by atoms with Crippen LogP contribution in [0.15, 0.2) is 17.2 Å². The first-order valence-electron chi connectivity index (χ1n) is 17.1. The normalized spacial score (nSPS) is 24.1. The van der Waals surface area contributed by atoms with Crippen molar-refractivity contribution in [3.05, 3.63) is 45.7 Å². The molecule has 14 nitrogen and oxygen atoms in total. The van der Waals surface area contributed by atoms with E-state index in [0.29, 0.717) is 43.3 Å². The Labute approximate surface area is 285 Å². The van der Waals surface area contributed by atoms with Gasteiger partial charge in [0.2, 0.25) is 11.7 Å². The Balaban J connectivity index is 1.19. The maximum atomic E-state index is 14.2. The smallest absolute Gasteiger partial charge is 0.394 e. The summed E-state index contributed by atoms with van der Waals surface area (Å²) in [4.78, 5) is 57.4. The summed E-state index contributed by atoms with van der Waals surface area (Å²) in [7, 11) is 0. The van der Waals surface area contributed by atoms with E-state index in [1.165, 1.54) is 10.8 Å². The highest BCUT2D eigenvalue weighted by Gasteiger charge is 2.61. The molecule has 50 heavy (non-hydrogen) atoms. The molecule has 5 heterocycles. The molecular formula is C33H40F3N9O5. The van der Waals surface area contributed by atoms with E-state index in [4.69, 9.17) is 9.72 Å². The number of nitrogens with zero attached hydrogens (tertiary/aromatic N) is 8. The van der Waals surface area contributed by atoms with E-state index in [0.717, 1.165) is 5.57 Å². The summed E-state index contributed by atoms with van der Waals surface area (Å²) in [5.74, 6) is -0.547. The van der Waals surface area contributed by atoms with Gasteiger partial charge in [0.15, 0.2) is 17.3 Å². The third-order valence-corrected chi connectivity index (χ3v) is 11.1. The minimum atomic E-state index is -4.27. The molecule has 8 rings (SSSR count). The van der Waals surface area contributed by atoms with Crippen molar-refractivity contribution in [3.8, 4) is 5.75 Å². The van der Waals surface area contributed by atoms with Crippen LogP contribution in [0, 0.1) is 12.3 Å². The molecule has 0 spiro atoms. The molecule has 3 saturated carbocycles. The quantitative estimate of drug-likeness (QED) is 0.376. The lowest BCUT2D eigenvalue weighted by Gasteiger charge is -2.54. The lowest BCUT2D eigenvalue weighted by molar-refractivity contribution is -0.254. The summed E-state index contributed by atoms with van der Waals surface area (Å²) >= 11 is 0. The molecule has 0 atom stereocenters. The number of aryl methyl sites for hydroxylation is 1. The predicted molar refractivity (Wildman–Crippen MR) is 174 cm³/mol. The van der Waals surface area contributed by atoms with E-state index in [9.17, 15) is 32.7 Å². The maximum Gasteiger partial charge on any atom is 0.394 e. The summed E-state index contributed by atoms with van der Waals surface area (Å²) in [5, 5.41) is 18.1. The highest BCUT2D eigenvalue weighted by Crippen LogP contribution is 2.59. The summed E-state index contributed by atoms with van der Waals surface area (Å²) in [6.07, 6.45) is 0.457. The Morgan fingerprint density at radius 1 is 1.06 bits per heavy atom. The molecule has 2 aliphatic heterocycles. The third kappa shape index (κ3) is 5.78. The molecule has 2 amide bonds. The number of fused-ring (bicyclic) bond motifs is 4. The van der Waals surface area contributed by atoms with Gasteiger partial charge in [-0.1, -0.05) is 13.0 Å². The largest absolute Gasteiger partial charge is 0.504 e. The van der Waals surface area contributed by atoms with Crippen molar-refractivity contribution in [2.24, 2.45) is 5.41 Å². The van der Waals surface area contributed by atoms with Gasteiger partial charge >= 0.3 is 6.18 Å². The summed E-state index contributed by atoms with van der Waals surface area (Å²) in [6.45, 7) is 5.14. The second-order valence-corrected chi connectivity index (χ2v) is 13.8. The van der Waals surface area contributed by atoms with Crippen LogP contribution in [0.2, 0.25) is 0 Å². The van der Waals surface area contributed by atoms with E-state index >= 15 is 0 Å². The second-order valence-electron chi connectivity index (χ2n) is 13.8. The van der Waals surface area contributed by atoms with Gasteiger partial charge in [0.1, 0.15) is 18.6 Å². The highest BCUT2D eigenvalue weighted by atomic mass is 19.4. The molecule has 1 saturated heterocycles. The number of aromatic nitrogens is 6. The molecule has 0 aromatic carbocycles. The van der Waals surface area contributed by atoms with Crippen molar-refractivity contribution in [2.75, 3.05) is 44.3 Å². The molecule has 3 aliphatic carbocycles. The molecule has 2 bridgehead atoms. The number of nitrogens with one attached hydrogen (secondary N) is 1. The molecule has 0 unspecified atom stereocenters. The molecule has 3 aromatic heterocycles. The number of rotatable bonds is 7. The van der Waals surface area contributed by atoms with Crippen molar-refractivity contribution in [3.63, 3.8) is 0 Å². The van der Waals surface area contributed by atoms with Gasteiger partial charge in [-0.05, 0) is 63.9 Å². The van der Waals surface area contributed by atoms with Crippen LogP contribution in [0.3, 0.4) is 0 Å². The number of anilines is 1. The fraction of sp³-hybridized carbons (Fsp3) is 0.606. The molecule has 17 heteroatoms. The average Bonchev–Trinajstić information content (AvgIpc) is 3.57. The van der Waals surface area contributed by atoms with E-state index < -0.39 is 28.6 Å². The van der Waals surface area contributed by atoms with Crippen LogP contribution in [-0.2, 0) is 22.5 Å². The number of hydrogen-bond donors (Lipinski definition) is 2. The zero-order chi connectivity index (χ0) is 35.4. The van der Waals surface area contributed by atoms with E-state index in [1.54, 1.807) is 16.4 Å². The molecule has 268 valence electrons. The van der Waals surface area contributed by atoms with Crippen LogP contribution < -0.4 is 15.8 Å². The fourth-order valence-electron chi connectivity index (χ4n) is 7.98. The van der Waals surface area contributed by atoms with Gasteiger partial charge in [-0.2, -0.15) is 22.7 Å². The monoisotopic (exact) mass is 699 g/mol. The Bertz CT molecular complexity index is 1910.